The highest BCUT2D eigenvalue weighted by Crippen LogP contribution is 2.26. The van der Waals surface area contributed by atoms with Crippen LogP contribution in [0.3, 0.4) is 0 Å². The lowest BCUT2D eigenvalue weighted by Crippen LogP contribution is -1.81. The Morgan fingerprint density at radius 3 is 0.704 bits per heavy atom. The number of phosphoric acid groups is 2. The fourth-order valence-corrected chi connectivity index (χ4v) is 1.91. The van der Waals surface area contributed by atoms with Crippen molar-refractivity contribution in [3.05, 3.63) is 0 Å². The van der Waals surface area contributed by atoms with E-state index in [1.165, 1.54) is 77.0 Å². The molecule has 0 aliphatic rings. The molecule has 11 heteroatoms. The average Bonchev–Trinajstić information content (AvgIpc) is 2.48. The third-order valence-electron chi connectivity index (χ3n) is 2.96. The standard InChI is InChI=1S/C14H30.C2H6.2H3O4P.H2O/c1-3-5-7-9-11-13-14-12-10-8-6-4-2;1-2;2*1-5(2,3)4;/h3-14H2,1-2H3;1-2H3;2*(H3,1,2,3,4);1H2. The summed E-state index contributed by atoms with van der Waals surface area (Å²) in [7, 11) is -9.28. The first-order valence-electron chi connectivity index (χ1n) is 9.48. The molecule has 0 spiro atoms. The first-order chi connectivity index (χ1) is 11.9. The number of hydrogen-bond acceptors (Lipinski definition) is 2. The first kappa shape index (κ1) is 37.9. The summed E-state index contributed by atoms with van der Waals surface area (Å²) >= 11 is 0. The van der Waals surface area contributed by atoms with Gasteiger partial charge >= 0.3 is 15.6 Å². The average molecular weight is 442 g/mol. The third kappa shape index (κ3) is 122. The molecule has 172 valence electrons. The SMILES string of the molecule is CC.CCCCCCCCCCCCCC.O.O=P(O)(O)O.O=P(O)(O)O. The molecule has 0 fully saturated rings. The molecule has 8 N–H and O–H groups in total. The van der Waals surface area contributed by atoms with Crippen LogP contribution in [0, 0.1) is 0 Å². The van der Waals surface area contributed by atoms with Crippen molar-refractivity contribution >= 4 is 15.6 Å². The summed E-state index contributed by atoms with van der Waals surface area (Å²) in [5.41, 5.74) is 0. The first-order valence-corrected chi connectivity index (χ1v) is 12.6. The topological polar surface area (TPSA) is 187 Å². The van der Waals surface area contributed by atoms with Gasteiger partial charge in [-0.25, -0.2) is 9.13 Å². The lowest BCUT2D eigenvalue weighted by molar-refractivity contribution is 0.272. The Labute approximate surface area is 165 Å². The quantitative estimate of drug-likeness (QED) is 0.204. The van der Waals surface area contributed by atoms with Crippen LogP contribution in [0.5, 0.6) is 0 Å². The lowest BCUT2D eigenvalue weighted by Gasteiger charge is -2.01. The maximum Gasteiger partial charge on any atom is 0.466 e. The molecule has 0 unspecified atom stereocenters. The Morgan fingerprint density at radius 1 is 0.481 bits per heavy atom. The maximum atomic E-state index is 8.88. The minimum atomic E-state index is -4.64. The van der Waals surface area contributed by atoms with E-state index in [9.17, 15) is 0 Å². The molecule has 0 heterocycles. The Morgan fingerprint density at radius 2 is 0.593 bits per heavy atom. The summed E-state index contributed by atoms with van der Waals surface area (Å²) in [4.78, 5) is 43.1. The molecule has 0 aromatic heterocycles. The summed E-state index contributed by atoms with van der Waals surface area (Å²) in [5.74, 6) is 0. The molecular formula is C16H44O9P2. The van der Waals surface area contributed by atoms with Crippen molar-refractivity contribution in [2.45, 2.75) is 105 Å². The van der Waals surface area contributed by atoms with Crippen molar-refractivity contribution in [3.8, 4) is 0 Å². The molecular weight excluding hydrogens is 398 g/mol. The minimum absolute atomic E-state index is 0. The fraction of sp³-hybridized carbons (Fsp3) is 1.00. The van der Waals surface area contributed by atoms with E-state index >= 15 is 0 Å². The molecule has 0 bridgehead atoms. The molecule has 0 rings (SSSR count). The Balaban J connectivity index is -0.000000103. The summed E-state index contributed by atoms with van der Waals surface area (Å²) in [5, 5.41) is 0. The number of rotatable bonds is 11. The van der Waals surface area contributed by atoms with Crippen LogP contribution in [-0.4, -0.2) is 34.8 Å². The van der Waals surface area contributed by atoms with Gasteiger partial charge in [0.2, 0.25) is 0 Å². The predicted molar refractivity (Wildman–Crippen MR) is 110 cm³/mol. The van der Waals surface area contributed by atoms with Gasteiger partial charge in [0.1, 0.15) is 0 Å². The van der Waals surface area contributed by atoms with Gasteiger partial charge in [-0.2, -0.15) is 0 Å². The van der Waals surface area contributed by atoms with Crippen molar-refractivity contribution in [3.63, 3.8) is 0 Å². The van der Waals surface area contributed by atoms with Gasteiger partial charge in [0.25, 0.3) is 0 Å². The molecule has 0 aliphatic carbocycles. The summed E-state index contributed by atoms with van der Waals surface area (Å²) in [6.07, 6.45) is 17.4. The van der Waals surface area contributed by atoms with Crippen molar-refractivity contribution in [2.75, 3.05) is 0 Å². The van der Waals surface area contributed by atoms with Crippen LogP contribution in [0.2, 0.25) is 0 Å². The third-order valence-corrected chi connectivity index (χ3v) is 2.96. The lowest BCUT2D eigenvalue weighted by atomic mass is 10.1. The zero-order valence-corrected chi connectivity index (χ0v) is 19.2. The molecule has 0 aromatic carbocycles. The zero-order chi connectivity index (χ0) is 21.5. The van der Waals surface area contributed by atoms with Crippen molar-refractivity contribution in [1.82, 2.24) is 0 Å². The fourth-order valence-electron chi connectivity index (χ4n) is 1.91. The van der Waals surface area contributed by atoms with Crippen molar-refractivity contribution in [1.29, 1.82) is 0 Å². The van der Waals surface area contributed by atoms with Gasteiger partial charge in [-0.15, -0.1) is 0 Å². The van der Waals surface area contributed by atoms with E-state index in [2.05, 4.69) is 13.8 Å². The second-order valence-corrected chi connectivity index (χ2v) is 7.62. The Hall–Kier alpha value is 0.180. The van der Waals surface area contributed by atoms with Gasteiger partial charge in [0.15, 0.2) is 0 Å². The van der Waals surface area contributed by atoms with Crippen LogP contribution in [-0.2, 0) is 9.13 Å². The zero-order valence-electron chi connectivity index (χ0n) is 17.4. The summed E-state index contributed by atoms with van der Waals surface area (Å²) in [6.45, 7) is 8.57. The van der Waals surface area contributed by atoms with Crippen molar-refractivity contribution in [2.24, 2.45) is 0 Å². The van der Waals surface area contributed by atoms with Crippen LogP contribution < -0.4 is 0 Å². The van der Waals surface area contributed by atoms with Gasteiger partial charge in [0.05, 0.1) is 0 Å². The van der Waals surface area contributed by atoms with Gasteiger partial charge < -0.3 is 34.8 Å². The molecule has 0 saturated carbocycles. The Kier molecular flexibility index (Phi) is 39.8. The van der Waals surface area contributed by atoms with Crippen LogP contribution in [0.25, 0.3) is 0 Å². The smallest absolute Gasteiger partial charge is 0.412 e. The van der Waals surface area contributed by atoms with Crippen LogP contribution in [0.15, 0.2) is 0 Å². The van der Waals surface area contributed by atoms with Crippen LogP contribution in [0.4, 0.5) is 0 Å². The van der Waals surface area contributed by atoms with Gasteiger partial charge in [0, 0.05) is 0 Å². The minimum Gasteiger partial charge on any atom is -0.412 e. The second-order valence-electron chi connectivity index (χ2n) is 5.56. The van der Waals surface area contributed by atoms with Gasteiger partial charge in [-0.05, 0) is 0 Å². The molecule has 0 aromatic rings. The molecule has 0 radical (unpaired) electrons. The largest absolute Gasteiger partial charge is 0.466 e. The normalized spacial score (nSPS) is 10.1. The van der Waals surface area contributed by atoms with E-state index < -0.39 is 15.6 Å². The van der Waals surface area contributed by atoms with E-state index in [1.807, 2.05) is 13.8 Å². The van der Waals surface area contributed by atoms with Crippen LogP contribution >= 0.6 is 15.6 Å². The summed E-state index contributed by atoms with van der Waals surface area (Å²) in [6, 6.07) is 0. The molecule has 0 atom stereocenters. The molecule has 0 saturated heterocycles. The van der Waals surface area contributed by atoms with E-state index in [0.29, 0.717) is 0 Å². The van der Waals surface area contributed by atoms with E-state index in [0.717, 1.165) is 0 Å². The van der Waals surface area contributed by atoms with E-state index in [4.69, 9.17) is 38.5 Å². The van der Waals surface area contributed by atoms with Crippen molar-refractivity contribution < 1.29 is 44.0 Å². The predicted octanol–water partition coefficient (Wildman–Crippen LogP) is 4.05. The highest BCUT2D eigenvalue weighted by Gasteiger charge is 2.00. The Bertz CT molecular complexity index is 281. The molecule has 0 amide bonds. The van der Waals surface area contributed by atoms with Gasteiger partial charge in [-0.3, -0.25) is 0 Å². The highest BCUT2D eigenvalue weighted by molar-refractivity contribution is 7.45. The van der Waals surface area contributed by atoms with Gasteiger partial charge in [-0.1, -0.05) is 105 Å². The maximum absolute atomic E-state index is 8.88. The van der Waals surface area contributed by atoms with Crippen LogP contribution in [0.1, 0.15) is 105 Å². The highest BCUT2D eigenvalue weighted by atomic mass is 31.2. The second kappa shape index (κ2) is 28.4. The summed E-state index contributed by atoms with van der Waals surface area (Å²) < 4.78 is 17.8. The molecule has 0 aliphatic heterocycles. The number of hydrogen-bond donors (Lipinski definition) is 6. The van der Waals surface area contributed by atoms with E-state index in [-0.39, 0.29) is 5.48 Å². The number of unbranched alkanes of at least 4 members (excludes halogenated alkanes) is 11. The monoisotopic (exact) mass is 442 g/mol. The molecule has 27 heavy (non-hydrogen) atoms. The molecule has 9 nitrogen and oxygen atoms in total. The van der Waals surface area contributed by atoms with E-state index in [1.54, 1.807) is 0 Å².